The zero-order chi connectivity index (χ0) is 13.4. The second-order valence-electron chi connectivity index (χ2n) is 5.20. The molecule has 0 N–H and O–H groups in total. The molecule has 0 bridgehead atoms. The Hall–Kier alpha value is -1.74. The summed E-state index contributed by atoms with van der Waals surface area (Å²) in [6.07, 6.45) is 2.55. The molecule has 1 fully saturated rings. The van der Waals surface area contributed by atoms with E-state index >= 15 is 0 Å². The number of rotatable bonds is 0. The number of nitrogens with zero attached hydrogens (tertiary/aromatic N) is 2. The highest BCUT2D eigenvalue weighted by atomic mass is 32.2. The maximum atomic E-state index is 4.98. The van der Waals surface area contributed by atoms with Crippen molar-refractivity contribution in [3.05, 3.63) is 54.1 Å². The second kappa shape index (κ2) is 4.98. The van der Waals surface area contributed by atoms with Gasteiger partial charge < -0.3 is 4.90 Å². The minimum atomic E-state index is 1.09. The first-order valence-electron chi connectivity index (χ1n) is 7.12. The molecule has 20 heavy (non-hydrogen) atoms. The Morgan fingerprint density at radius 3 is 2.40 bits per heavy atom. The van der Waals surface area contributed by atoms with Crippen LogP contribution in [0.4, 0.5) is 5.69 Å². The van der Waals surface area contributed by atoms with E-state index in [2.05, 4.69) is 53.4 Å². The molecule has 0 aliphatic carbocycles. The smallest absolute Gasteiger partial charge is 0.137 e. The van der Waals surface area contributed by atoms with E-state index in [9.17, 15) is 0 Å². The average Bonchev–Trinajstić information content (AvgIpc) is 2.96. The fourth-order valence-corrected chi connectivity index (χ4v) is 3.86. The van der Waals surface area contributed by atoms with Crippen LogP contribution in [0.25, 0.3) is 0 Å². The Kier molecular flexibility index (Phi) is 3.00. The minimum absolute atomic E-state index is 1.09. The molecule has 2 aromatic rings. The predicted octanol–water partition coefficient (Wildman–Crippen LogP) is 4.33. The van der Waals surface area contributed by atoms with Crippen LogP contribution in [-0.2, 0) is 0 Å². The molecule has 2 heterocycles. The summed E-state index contributed by atoms with van der Waals surface area (Å²) in [6.45, 7) is 2.25. The lowest BCUT2D eigenvalue weighted by Gasteiger charge is -2.20. The third-order valence-electron chi connectivity index (χ3n) is 3.85. The van der Waals surface area contributed by atoms with Crippen LogP contribution in [-0.4, -0.2) is 23.8 Å². The van der Waals surface area contributed by atoms with E-state index in [-0.39, 0.29) is 0 Å². The monoisotopic (exact) mass is 280 g/mol. The average molecular weight is 280 g/mol. The number of hydrogen-bond acceptors (Lipinski definition) is 3. The van der Waals surface area contributed by atoms with Crippen LogP contribution in [0.5, 0.6) is 0 Å². The van der Waals surface area contributed by atoms with E-state index in [0.717, 1.165) is 24.6 Å². The molecule has 0 amide bonds. The lowest BCUT2D eigenvalue weighted by Crippen LogP contribution is -2.28. The van der Waals surface area contributed by atoms with Gasteiger partial charge in [0.25, 0.3) is 0 Å². The molecular weight excluding hydrogens is 264 g/mol. The van der Waals surface area contributed by atoms with Crippen molar-refractivity contribution in [3.63, 3.8) is 0 Å². The molecule has 2 nitrogen and oxygen atoms in total. The Morgan fingerprint density at radius 2 is 1.55 bits per heavy atom. The van der Waals surface area contributed by atoms with E-state index in [0.29, 0.717) is 0 Å². The van der Waals surface area contributed by atoms with Crippen LogP contribution in [0.1, 0.15) is 18.4 Å². The molecule has 0 aromatic heterocycles. The quantitative estimate of drug-likeness (QED) is 0.714. The van der Waals surface area contributed by atoms with Gasteiger partial charge in [0, 0.05) is 28.4 Å². The Morgan fingerprint density at radius 1 is 0.850 bits per heavy atom. The van der Waals surface area contributed by atoms with Crippen LogP contribution in [0.3, 0.4) is 0 Å². The highest BCUT2D eigenvalue weighted by Gasteiger charge is 2.23. The van der Waals surface area contributed by atoms with E-state index in [1.165, 1.54) is 28.2 Å². The van der Waals surface area contributed by atoms with Crippen molar-refractivity contribution in [2.45, 2.75) is 22.6 Å². The highest BCUT2D eigenvalue weighted by molar-refractivity contribution is 7.99. The van der Waals surface area contributed by atoms with E-state index < -0.39 is 0 Å². The normalized spacial score (nSPS) is 17.2. The zero-order valence-electron chi connectivity index (χ0n) is 11.2. The number of hydrogen-bond donors (Lipinski definition) is 0. The lowest BCUT2D eigenvalue weighted by atomic mass is 10.2. The van der Waals surface area contributed by atoms with Crippen molar-refractivity contribution in [1.29, 1.82) is 0 Å². The third kappa shape index (κ3) is 2.02. The number of benzene rings is 2. The van der Waals surface area contributed by atoms with Crippen LogP contribution in [0, 0.1) is 0 Å². The Bertz CT molecular complexity index is 672. The van der Waals surface area contributed by atoms with Gasteiger partial charge in [0.1, 0.15) is 5.84 Å². The van der Waals surface area contributed by atoms with Crippen molar-refractivity contribution in [1.82, 2.24) is 4.90 Å². The predicted molar refractivity (Wildman–Crippen MR) is 84.0 cm³/mol. The molecule has 2 aromatic carbocycles. The van der Waals surface area contributed by atoms with Gasteiger partial charge in [0.15, 0.2) is 0 Å². The van der Waals surface area contributed by atoms with Gasteiger partial charge in [-0.3, -0.25) is 0 Å². The first-order chi connectivity index (χ1) is 9.92. The fourth-order valence-electron chi connectivity index (χ4n) is 2.84. The van der Waals surface area contributed by atoms with Crippen molar-refractivity contribution >= 4 is 23.3 Å². The molecule has 0 spiro atoms. The summed E-state index contributed by atoms with van der Waals surface area (Å²) < 4.78 is 0. The summed E-state index contributed by atoms with van der Waals surface area (Å²) in [5.41, 5.74) is 2.37. The first-order valence-corrected chi connectivity index (χ1v) is 7.93. The Labute approximate surface area is 123 Å². The SMILES string of the molecule is c1ccc2c(c1)N=C(N1CCCC1)c1ccccc1S2. The zero-order valence-corrected chi connectivity index (χ0v) is 12.1. The second-order valence-corrected chi connectivity index (χ2v) is 6.28. The number of aliphatic imine (C=N–C) groups is 1. The first kappa shape index (κ1) is 12.0. The summed E-state index contributed by atoms with van der Waals surface area (Å²) in [5, 5.41) is 0. The van der Waals surface area contributed by atoms with Crippen molar-refractivity contribution in [3.8, 4) is 0 Å². The molecule has 3 heteroatoms. The summed E-state index contributed by atoms with van der Waals surface area (Å²) in [5.74, 6) is 1.15. The number of fused-ring (bicyclic) bond motifs is 2. The fraction of sp³-hybridized carbons (Fsp3) is 0.235. The van der Waals surface area contributed by atoms with Gasteiger partial charge in [0.2, 0.25) is 0 Å². The van der Waals surface area contributed by atoms with Crippen molar-refractivity contribution in [2.75, 3.05) is 13.1 Å². The van der Waals surface area contributed by atoms with Crippen LogP contribution >= 0.6 is 11.8 Å². The van der Waals surface area contributed by atoms with Crippen LogP contribution < -0.4 is 0 Å². The number of amidine groups is 1. The van der Waals surface area contributed by atoms with Gasteiger partial charge in [-0.2, -0.15) is 0 Å². The number of likely N-dealkylation sites (tertiary alicyclic amines) is 1. The largest absolute Gasteiger partial charge is 0.356 e. The molecular formula is C17H16N2S. The van der Waals surface area contributed by atoms with Crippen molar-refractivity contribution in [2.24, 2.45) is 4.99 Å². The minimum Gasteiger partial charge on any atom is -0.356 e. The summed E-state index contributed by atoms with van der Waals surface area (Å²) in [4.78, 5) is 9.97. The van der Waals surface area contributed by atoms with Gasteiger partial charge >= 0.3 is 0 Å². The molecule has 0 unspecified atom stereocenters. The maximum Gasteiger partial charge on any atom is 0.137 e. The van der Waals surface area contributed by atoms with Gasteiger partial charge in [-0.05, 0) is 31.0 Å². The van der Waals surface area contributed by atoms with Crippen LogP contribution in [0.15, 0.2) is 63.3 Å². The molecule has 0 atom stereocenters. The van der Waals surface area contributed by atoms with Gasteiger partial charge in [0.05, 0.1) is 5.69 Å². The van der Waals surface area contributed by atoms with E-state index in [1.807, 2.05) is 11.8 Å². The van der Waals surface area contributed by atoms with E-state index in [4.69, 9.17) is 4.99 Å². The standard InChI is InChI=1S/C17H16N2S/c1-3-9-15-13(7-1)17(19-11-5-6-12-19)18-14-8-2-4-10-16(14)20-15/h1-4,7-10H,5-6,11-12H2. The lowest BCUT2D eigenvalue weighted by molar-refractivity contribution is 0.520. The Balaban J connectivity index is 1.91. The highest BCUT2D eigenvalue weighted by Crippen LogP contribution is 2.40. The molecule has 100 valence electrons. The summed E-state index contributed by atoms with van der Waals surface area (Å²) in [7, 11) is 0. The summed E-state index contributed by atoms with van der Waals surface area (Å²) in [6, 6.07) is 17.1. The van der Waals surface area contributed by atoms with Gasteiger partial charge in [-0.1, -0.05) is 42.1 Å². The molecule has 1 saturated heterocycles. The van der Waals surface area contributed by atoms with Crippen LogP contribution in [0.2, 0.25) is 0 Å². The topological polar surface area (TPSA) is 15.6 Å². The van der Waals surface area contributed by atoms with E-state index in [1.54, 1.807) is 0 Å². The number of para-hydroxylation sites is 1. The van der Waals surface area contributed by atoms with Gasteiger partial charge in [-0.25, -0.2) is 4.99 Å². The molecule has 2 aliphatic rings. The maximum absolute atomic E-state index is 4.98. The molecule has 0 radical (unpaired) electrons. The molecule has 0 saturated carbocycles. The summed E-state index contributed by atoms with van der Waals surface area (Å²) >= 11 is 1.82. The molecule has 4 rings (SSSR count). The molecule has 2 aliphatic heterocycles. The third-order valence-corrected chi connectivity index (χ3v) is 4.99. The van der Waals surface area contributed by atoms with Gasteiger partial charge in [-0.15, -0.1) is 0 Å². The van der Waals surface area contributed by atoms with Crippen molar-refractivity contribution < 1.29 is 0 Å².